The molecule has 0 amide bonds. The van der Waals surface area contributed by atoms with E-state index >= 15 is 0 Å². The summed E-state index contributed by atoms with van der Waals surface area (Å²) >= 11 is 5.96. The topological polar surface area (TPSA) is 25.8 Å². The van der Waals surface area contributed by atoms with E-state index in [1.54, 1.807) is 12.3 Å². The monoisotopic (exact) mass is 204 g/mol. The predicted octanol–water partition coefficient (Wildman–Crippen LogP) is 3.23. The van der Waals surface area contributed by atoms with Gasteiger partial charge in [-0.05, 0) is 24.6 Å². The second-order valence-corrected chi connectivity index (χ2v) is 3.46. The summed E-state index contributed by atoms with van der Waals surface area (Å²) in [5.41, 5.74) is 2.62. The molecule has 0 bridgehead atoms. The van der Waals surface area contributed by atoms with Gasteiger partial charge in [-0.25, -0.2) is 4.98 Å². The molecule has 0 aliphatic heterocycles. The molecule has 0 aromatic carbocycles. The molecular weight excluding hydrogens is 196 g/mol. The van der Waals surface area contributed by atoms with Gasteiger partial charge in [0.1, 0.15) is 5.52 Å². The summed E-state index contributed by atoms with van der Waals surface area (Å²) in [5.74, 6) is 0. The van der Waals surface area contributed by atoms with Gasteiger partial charge in [-0.2, -0.15) is 0 Å². The molecule has 0 saturated heterocycles. The van der Waals surface area contributed by atoms with E-state index in [-0.39, 0.29) is 0 Å². The number of halogens is 1. The number of pyridine rings is 2. The average Bonchev–Trinajstić information content (AvgIpc) is 2.16. The fraction of sp³-hybridized carbons (Fsp3) is 0.0909. The zero-order valence-electron chi connectivity index (χ0n) is 7.79. The molecule has 2 nitrogen and oxygen atoms in total. The third-order valence-electron chi connectivity index (χ3n) is 2.01. The van der Waals surface area contributed by atoms with Crippen molar-refractivity contribution < 1.29 is 0 Å². The number of hydrogen-bond acceptors (Lipinski definition) is 2. The maximum atomic E-state index is 5.96. The lowest BCUT2D eigenvalue weighted by atomic mass is 10.2. The summed E-state index contributed by atoms with van der Waals surface area (Å²) in [4.78, 5) is 8.36. The molecule has 0 spiro atoms. The summed E-state index contributed by atoms with van der Waals surface area (Å²) in [6.45, 7) is 5.60. The third-order valence-corrected chi connectivity index (χ3v) is 2.27. The number of aromatic nitrogens is 2. The molecule has 0 N–H and O–H groups in total. The van der Waals surface area contributed by atoms with E-state index in [4.69, 9.17) is 11.6 Å². The van der Waals surface area contributed by atoms with Gasteiger partial charge in [0.25, 0.3) is 0 Å². The van der Waals surface area contributed by atoms with Crippen LogP contribution in [-0.2, 0) is 0 Å². The van der Waals surface area contributed by atoms with Crippen LogP contribution < -0.4 is 0 Å². The van der Waals surface area contributed by atoms with Crippen LogP contribution in [0.5, 0.6) is 0 Å². The summed E-state index contributed by atoms with van der Waals surface area (Å²) in [6.07, 6.45) is 3.49. The van der Waals surface area contributed by atoms with Crippen molar-refractivity contribution in [3.63, 3.8) is 0 Å². The second-order valence-electron chi connectivity index (χ2n) is 3.10. The standard InChI is InChI=1S/C11H9ClN2/c1-3-8-5-9-4-7(2)14-11(12)10(9)13-6-8/h3-6H,1H2,2H3. The number of fused-ring (bicyclic) bond motifs is 1. The zero-order chi connectivity index (χ0) is 10.1. The Morgan fingerprint density at radius 2 is 2.21 bits per heavy atom. The third kappa shape index (κ3) is 1.49. The average molecular weight is 205 g/mol. The van der Waals surface area contributed by atoms with Gasteiger partial charge in [0, 0.05) is 17.3 Å². The van der Waals surface area contributed by atoms with Crippen molar-refractivity contribution in [3.05, 3.63) is 41.3 Å². The Hall–Kier alpha value is -1.41. The predicted molar refractivity (Wildman–Crippen MR) is 59.4 cm³/mol. The molecule has 2 aromatic rings. The lowest BCUT2D eigenvalue weighted by molar-refractivity contribution is 1.21. The quantitative estimate of drug-likeness (QED) is 0.667. The normalized spacial score (nSPS) is 10.4. The highest BCUT2D eigenvalue weighted by molar-refractivity contribution is 6.33. The first-order chi connectivity index (χ1) is 6.70. The van der Waals surface area contributed by atoms with Crippen LogP contribution in [0.3, 0.4) is 0 Å². The molecule has 0 aliphatic rings. The fourth-order valence-corrected chi connectivity index (χ4v) is 1.65. The molecule has 14 heavy (non-hydrogen) atoms. The molecule has 2 rings (SSSR count). The Bertz CT molecular complexity index is 506. The van der Waals surface area contributed by atoms with Crippen LogP contribution in [0.2, 0.25) is 5.15 Å². The second kappa shape index (κ2) is 3.39. The van der Waals surface area contributed by atoms with Crippen LogP contribution in [0, 0.1) is 6.92 Å². The molecular formula is C11H9ClN2. The van der Waals surface area contributed by atoms with E-state index in [1.807, 2.05) is 19.1 Å². The Kier molecular flexibility index (Phi) is 2.22. The number of aryl methyl sites for hydroxylation is 1. The van der Waals surface area contributed by atoms with E-state index < -0.39 is 0 Å². The molecule has 0 saturated carbocycles. The summed E-state index contributed by atoms with van der Waals surface area (Å²) in [7, 11) is 0. The molecule has 0 aliphatic carbocycles. The van der Waals surface area contributed by atoms with Gasteiger partial charge >= 0.3 is 0 Å². The maximum Gasteiger partial charge on any atom is 0.155 e. The highest BCUT2D eigenvalue weighted by atomic mass is 35.5. The van der Waals surface area contributed by atoms with Gasteiger partial charge in [-0.15, -0.1) is 0 Å². The fourth-order valence-electron chi connectivity index (χ4n) is 1.36. The van der Waals surface area contributed by atoms with Crippen molar-refractivity contribution in [1.29, 1.82) is 0 Å². The minimum absolute atomic E-state index is 0.454. The minimum Gasteiger partial charge on any atom is -0.252 e. The van der Waals surface area contributed by atoms with E-state index in [2.05, 4.69) is 16.5 Å². The van der Waals surface area contributed by atoms with Crippen molar-refractivity contribution in [3.8, 4) is 0 Å². The first-order valence-corrected chi connectivity index (χ1v) is 4.64. The Morgan fingerprint density at radius 3 is 2.93 bits per heavy atom. The first-order valence-electron chi connectivity index (χ1n) is 4.26. The SMILES string of the molecule is C=Cc1cnc2c(Cl)nc(C)cc2c1. The van der Waals surface area contributed by atoms with Gasteiger partial charge in [-0.1, -0.05) is 24.3 Å². The molecule has 0 radical (unpaired) electrons. The number of nitrogens with zero attached hydrogens (tertiary/aromatic N) is 2. The van der Waals surface area contributed by atoms with Gasteiger partial charge in [-0.3, -0.25) is 4.98 Å². The van der Waals surface area contributed by atoms with Crippen LogP contribution in [0.4, 0.5) is 0 Å². The van der Waals surface area contributed by atoms with Crippen LogP contribution in [0.1, 0.15) is 11.3 Å². The summed E-state index contributed by atoms with van der Waals surface area (Å²) in [5, 5.41) is 1.45. The van der Waals surface area contributed by atoms with Crippen LogP contribution in [0.15, 0.2) is 24.9 Å². The van der Waals surface area contributed by atoms with E-state index in [1.165, 1.54) is 0 Å². The minimum atomic E-state index is 0.454. The van der Waals surface area contributed by atoms with Gasteiger partial charge < -0.3 is 0 Å². The lowest BCUT2D eigenvalue weighted by Crippen LogP contribution is -1.88. The molecule has 3 heteroatoms. The highest BCUT2D eigenvalue weighted by Gasteiger charge is 2.03. The number of hydrogen-bond donors (Lipinski definition) is 0. The first kappa shape index (κ1) is 9.16. The number of rotatable bonds is 1. The van der Waals surface area contributed by atoms with Crippen LogP contribution in [0.25, 0.3) is 17.0 Å². The zero-order valence-corrected chi connectivity index (χ0v) is 8.54. The highest BCUT2D eigenvalue weighted by Crippen LogP contribution is 2.21. The van der Waals surface area contributed by atoms with Gasteiger partial charge in [0.15, 0.2) is 5.15 Å². The van der Waals surface area contributed by atoms with Gasteiger partial charge in [0.05, 0.1) is 0 Å². The Balaban J connectivity index is 2.81. The van der Waals surface area contributed by atoms with Crippen molar-refractivity contribution >= 4 is 28.6 Å². The molecule has 70 valence electrons. The molecule has 0 atom stereocenters. The van der Waals surface area contributed by atoms with E-state index in [9.17, 15) is 0 Å². The van der Waals surface area contributed by atoms with Crippen molar-refractivity contribution in [2.45, 2.75) is 6.92 Å². The lowest BCUT2D eigenvalue weighted by Gasteiger charge is -2.01. The summed E-state index contributed by atoms with van der Waals surface area (Å²) in [6, 6.07) is 3.96. The maximum absolute atomic E-state index is 5.96. The van der Waals surface area contributed by atoms with Crippen LogP contribution in [-0.4, -0.2) is 9.97 Å². The largest absolute Gasteiger partial charge is 0.252 e. The molecule has 2 aromatic heterocycles. The van der Waals surface area contributed by atoms with E-state index in [0.29, 0.717) is 5.15 Å². The molecule has 0 unspecified atom stereocenters. The molecule has 2 heterocycles. The smallest absolute Gasteiger partial charge is 0.155 e. The Labute approximate surface area is 87.3 Å². The van der Waals surface area contributed by atoms with Crippen molar-refractivity contribution in [1.82, 2.24) is 9.97 Å². The van der Waals surface area contributed by atoms with Gasteiger partial charge in [0.2, 0.25) is 0 Å². The Morgan fingerprint density at radius 1 is 1.43 bits per heavy atom. The van der Waals surface area contributed by atoms with E-state index in [0.717, 1.165) is 22.2 Å². The van der Waals surface area contributed by atoms with Crippen molar-refractivity contribution in [2.24, 2.45) is 0 Å². The van der Waals surface area contributed by atoms with Crippen LogP contribution >= 0.6 is 11.6 Å². The van der Waals surface area contributed by atoms with Crippen molar-refractivity contribution in [2.75, 3.05) is 0 Å². The summed E-state index contributed by atoms with van der Waals surface area (Å²) < 4.78 is 0. The molecule has 0 fully saturated rings.